The van der Waals surface area contributed by atoms with E-state index in [1.807, 2.05) is 30.3 Å². The first-order valence-electron chi connectivity index (χ1n) is 8.72. The van der Waals surface area contributed by atoms with E-state index in [9.17, 15) is 4.79 Å². The maximum atomic E-state index is 13.1. The van der Waals surface area contributed by atoms with E-state index < -0.39 is 0 Å². The van der Waals surface area contributed by atoms with Crippen molar-refractivity contribution in [2.24, 2.45) is 0 Å². The Morgan fingerprint density at radius 1 is 1.11 bits per heavy atom. The van der Waals surface area contributed by atoms with Gasteiger partial charge in [0.25, 0.3) is 5.91 Å². The zero-order chi connectivity index (χ0) is 19.3. The van der Waals surface area contributed by atoms with E-state index in [0.29, 0.717) is 35.4 Å². The van der Waals surface area contributed by atoms with Gasteiger partial charge in [-0.3, -0.25) is 4.79 Å². The van der Waals surface area contributed by atoms with Crippen molar-refractivity contribution in [2.75, 3.05) is 12.4 Å². The molecule has 0 unspecified atom stereocenters. The van der Waals surface area contributed by atoms with Gasteiger partial charge in [0, 0.05) is 12.1 Å². The van der Waals surface area contributed by atoms with Crippen LogP contribution in [0.5, 0.6) is 5.75 Å². The van der Waals surface area contributed by atoms with Gasteiger partial charge in [-0.1, -0.05) is 36.4 Å². The number of furan rings is 1. The number of methoxy groups -OCH3 is 1. The molecule has 0 bridgehead atoms. The molecule has 7 nitrogen and oxygen atoms in total. The normalized spacial score (nSPS) is 10.6. The van der Waals surface area contributed by atoms with E-state index in [4.69, 9.17) is 9.15 Å². The minimum atomic E-state index is -0.320. The van der Waals surface area contributed by atoms with Crippen molar-refractivity contribution in [2.45, 2.75) is 6.54 Å². The molecule has 0 amide bonds. The van der Waals surface area contributed by atoms with Gasteiger partial charge in [0.05, 0.1) is 13.4 Å². The van der Waals surface area contributed by atoms with Gasteiger partial charge in [-0.2, -0.15) is 9.67 Å². The molecule has 4 aromatic rings. The standard InChI is InChI=1S/C21H18N4O3/c1-27-17-10-5-9-16(13-17)20(26)25-21(22-14-15-7-3-2-4-8-15)23-19(24-25)18-11-6-12-28-18/h2-13H,14H2,1H3,(H,22,23,24). The molecule has 2 aromatic carbocycles. The average molecular weight is 374 g/mol. The number of anilines is 1. The summed E-state index contributed by atoms with van der Waals surface area (Å²) < 4.78 is 11.8. The lowest BCUT2D eigenvalue weighted by atomic mass is 10.2. The van der Waals surface area contributed by atoms with Gasteiger partial charge < -0.3 is 14.5 Å². The summed E-state index contributed by atoms with van der Waals surface area (Å²) in [4.78, 5) is 17.5. The van der Waals surface area contributed by atoms with Crippen molar-refractivity contribution >= 4 is 11.9 Å². The molecular weight excluding hydrogens is 356 g/mol. The van der Waals surface area contributed by atoms with Gasteiger partial charge in [-0.15, -0.1) is 5.10 Å². The summed E-state index contributed by atoms with van der Waals surface area (Å²) in [5, 5.41) is 7.54. The molecule has 0 aliphatic rings. The smallest absolute Gasteiger partial charge is 0.281 e. The third-order valence-electron chi connectivity index (χ3n) is 4.15. The summed E-state index contributed by atoms with van der Waals surface area (Å²) in [7, 11) is 1.56. The van der Waals surface area contributed by atoms with Crippen LogP contribution in [0, 0.1) is 0 Å². The lowest BCUT2D eigenvalue weighted by molar-refractivity contribution is 0.0947. The third kappa shape index (κ3) is 3.64. The van der Waals surface area contributed by atoms with Crippen molar-refractivity contribution in [1.82, 2.24) is 14.8 Å². The Bertz CT molecular complexity index is 1070. The van der Waals surface area contributed by atoms with Gasteiger partial charge in [-0.25, -0.2) is 0 Å². The van der Waals surface area contributed by atoms with Gasteiger partial charge in [0.15, 0.2) is 5.76 Å². The highest BCUT2D eigenvalue weighted by atomic mass is 16.5. The molecule has 0 aliphatic carbocycles. The van der Waals surface area contributed by atoms with Gasteiger partial charge in [-0.05, 0) is 35.9 Å². The molecule has 0 fully saturated rings. The molecular formula is C21H18N4O3. The first-order chi connectivity index (χ1) is 13.7. The number of ether oxygens (including phenoxy) is 1. The van der Waals surface area contributed by atoms with Gasteiger partial charge in [0.1, 0.15) is 5.75 Å². The Balaban J connectivity index is 1.68. The second kappa shape index (κ2) is 7.79. The molecule has 140 valence electrons. The topological polar surface area (TPSA) is 82.2 Å². The largest absolute Gasteiger partial charge is 0.497 e. The number of hydrogen-bond donors (Lipinski definition) is 1. The van der Waals surface area contributed by atoms with Crippen LogP contribution in [-0.4, -0.2) is 27.8 Å². The predicted molar refractivity (Wildman–Crippen MR) is 104 cm³/mol. The Morgan fingerprint density at radius 2 is 1.96 bits per heavy atom. The number of rotatable bonds is 6. The second-order valence-electron chi connectivity index (χ2n) is 6.02. The van der Waals surface area contributed by atoms with Gasteiger partial charge >= 0.3 is 0 Å². The molecule has 0 saturated heterocycles. The predicted octanol–water partition coefficient (Wildman–Crippen LogP) is 3.85. The summed E-state index contributed by atoms with van der Waals surface area (Å²) in [5.74, 6) is 1.43. The minimum Gasteiger partial charge on any atom is -0.497 e. The SMILES string of the molecule is COc1cccc(C(=O)n2nc(-c3ccco3)nc2NCc2ccccc2)c1. The molecule has 2 aromatic heterocycles. The van der Waals surface area contributed by atoms with Crippen molar-refractivity contribution in [1.29, 1.82) is 0 Å². The van der Waals surface area contributed by atoms with Crippen LogP contribution in [0.1, 0.15) is 15.9 Å². The van der Waals surface area contributed by atoms with E-state index in [-0.39, 0.29) is 5.91 Å². The first-order valence-corrected chi connectivity index (χ1v) is 8.72. The highest BCUT2D eigenvalue weighted by Gasteiger charge is 2.20. The zero-order valence-corrected chi connectivity index (χ0v) is 15.2. The van der Waals surface area contributed by atoms with Crippen molar-refractivity contribution < 1.29 is 13.9 Å². The molecule has 0 atom stereocenters. The maximum Gasteiger partial charge on any atom is 0.281 e. The van der Waals surface area contributed by atoms with Crippen LogP contribution in [0.25, 0.3) is 11.6 Å². The summed E-state index contributed by atoms with van der Waals surface area (Å²) in [5.41, 5.74) is 1.50. The van der Waals surface area contributed by atoms with Crippen LogP contribution in [-0.2, 0) is 6.54 Å². The molecule has 28 heavy (non-hydrogen) atoms. The molecule has 2 heterocycles. The minimum absolute atomic E-state index is 0.320. The maximum absolute atomic E-state index is 13.1. The number of nitrogens with zero attached hydrogens (tertiary/aromatic N) is 3. The third-order valence-corrected chi connectivity index (χ3v) is 4.15. The molecule has 7 heteroatoms. The summed E-state index contributed by atoms with van der Waals surface area (Å²) in [6.45, 7) is 0.502. The summed E-state index contributed by atoms with van der Waals surface area (Å²) in [6.07, 6.45) is 1.54. The monoisotopic (exact) mass is 374 g/mol. The fourth-order valence-corrected chi connectivity index (χ4v) is 2.73. The Hall–Kier alpha value is -3.87. The molecule has 4 rings (SSSR count). The lowest BCUT2D eigenvalue weighted by Crippen LogP contribution is -2.17. The first kappa shape index (κ1) is 17.5. The highest BCUT2D eigenvalue weighted by Crippen LogP contribution is 2.21. The molecule has 0 saturated carbocycles. The fraction of sp³-hybridized carbons (Fsp3) is 0.0952. The van der Waals surface area contributed by atoms with Crippen LogP contribution in [0.3, 0.4) is 0 Å². The number of carbonyl (C=O) groups is 1. The molecule has 0 radical (unpaired) electrons. The fourth-order valence-electron chi connectivity index (χ4n) is 2.73. The number of hydrogen-bond acceptors (Lipinski definition) is 6. The Kier molecular flexibility index (Phi) is 4.88. The zero-order valence-electron chi connectivity index (χ0n) is 15.2. The van der Waals surface area contributed by atoms with E-state index in [1.54, 1.807) is 43.5 Å². The highest BCUT2D eigenvalue weighted by molar-refractivity contribution is 5.97. The summed E-state index contributed by atoms with van der Waals surface area (Å²) >= 11 is 0. The molecule has 0 aliphatic heterocycles. The molecule has 1 N–H and O–H groups in total. The average Bonchev–Trinajstić information content (AvgIpc) is 3.42. The van der Waals surface area contributed by atoms with Crippen molar-refractivity contribution in [3.63, 3.8) is 0 Å². The Morgan fingerprint density at radius 3 is 2.71 bits per heavy atom. The van der Waals surface area contributed by atoms with E-state index in [0.717, 1.165) is 5.56 Å². The van der Waals surface area contributed by atoms with Crippen LogP contribution in [0.4, 0.5) is 5.95 Å². The van der Waals surface area contributed by atoms with E-state index in [2.05, 4.69) is 15.4 Å². The van der Waals surface area contributed by atoms with Crippen molar-refractivity contribution in [3.05, 3.63) is 84.1 Å². The number of nitrogens with one attached hydrogen (secondary N) is 1. The quantitative estimate of drug-likeness (QED) is 0.552. The number of benzene rings is 2. The van der Waals surface area contributed by atoms with Gasteiger partial charge in [0.2, 0.25) is 11.8 Å². The van der Waals surface area contributed by atoms with Crippen LogP contribution < -0.4 is 10.1 Å². The number of carbonyl (C=O) groups excluding carboxylic acids is 1. The van der Waals surface area contributed by atoms with E-state index in [1.165, 1.54) is 10.9 Å². The lowest BCUT2D eigenvalue weighted by Gasteiger charge is -2.08. The van der Waals surface area contributed by atoms with Crippen LogP contribution in [0.2, 0.25) is 0 Å². The second-order valence-corrected chi connectivity index (χ2v) is 6.02. The Labute approximate surface area is 161 Å². The van der Waals surface area contributed by atoms with E-state index >= 15 is 0 Å². The molecule has 0 spiro atoms. The van der Waals surface area contributed by atoms with Crippen LogP contribution >= 0.6 is 0 Å². The van der Waals surface area contributed by atoms with Crippen LogP contribution in [0.15, 0.2) is 77.4 Å². The number of aromatic nitrogens is 3. The summed E-state index contributed by atoms with van der Waals surface area (Å²) in [6, 6.07) is 20.2. The van der Waals surface area contributed by atoms with Crippen molar-refractivity contribution in [3.8, 4) is 17.3 Å².